The Kier molecular flexibility index (Phi) is 6.22. The minimum atomic E-state index is -0.200. The molecule has 0 spiro atoms. The molecule has 2 aromatic carbocycles. The Morgan fingerprint density at radius 3 is 2.74 bits per heavy atom. The standard InChI is InChI=1S/C22H23N5O3S/c1-4-11-27-17-8-6-5-7-15(17)20-21(27)24-22(26-25-20)31-13-19(28)23-16-12-14(29-2)9-10-18(16)30-3/h5-10,12H,4,11,13H2,1-3H3,(H,23,28). The quantitative estimate of drug-likeness (QED) is 0.414. The Bertz CT molecular complexity index is 1240. The van der Waals surface area contributed by atoms with Crippen LogP contribution in [0.4, 0.5) is 5.69 Å². The third-order valence-corrected chi connectivity index (χ3v) is 5.65. The summed E-state index contributed by atoms with van der Waals surface area (Å²) in [4.78, 5) is 17.2. The molecule has 0 bridgehead atoms. The summed E-state index contributed by atoms with van der Waals surface area (Å²) in [5.74, 6) is 1.13. The van der Waals surface area contributed by atoms with Gasteiger partial charge in [-0.15, -0.1) is 10.2 Å². The highest BCUT2D eigenvalue weighted by Crippen LogP contribution is 2.30. The van der Waals surface area contributed by atoms with Gasteiger partial charge in [-0.05, 0) is 24.6 Å². The SMILES string of the molecule is CCCn1c2ccccc2c2nnc(SCC(=O)Nc3cc(OC)ccc3OC)nc21. The molecule has 0 atom stereocenters. The van der Waals surface area contributed by atoms with Crippen molar-refractivity contribution < 1.29 is 14.3 Å². The lowest BCUT2D eigenvalue weighted by Gasteiger charge is -2.11. The summed E-state index contributed by atoms with van der Waals surface area (Å²) in [6.45, 7) is 2.96. The summed E-state index contributed by atoms with van der Waals surface area (Å²) in [6.07, 6.45) is 0.977. The van der Waals surface area contributed by atoms with E-state index in [9.17, 15) is 4.79 Å². The predicted octanol–water partition coefficient (Wildman–Crippen LogP) is 4.14. The molecule has 0 aliphatic heterocycles. The molecule has 2 aromatic heterocycles. The van der Waals surface area contributed by atoms with Crippen molar-refractivity contribution in [3.05, 3.63) is 42.5 Å². The highest BCUT2D eigenvalue weighted by Gasteiger charge is 2.15. The maximum absolute atomic E-state index is 12.5. The maximum atomic E-state index is 12.5. The topological polar surface area (TPSA) is 91.2 Å². The van der Waals surface area contributed by atoms with Crippen LogP contribution in [0.5, 0.6) is 11.5 Å². The molecule has 31 heavy (non-hydrogen) atoms. The number of aromatic nitrogens is 4. The lowest BCUT2D eigenvalue weighted by atomic mass is 10.2. The summed E-state index contributed by atoms with van der Waals surface area (Å²) >= 11 is 1.24. The van der Waals surface area contributed by atoms with Crippen molar-refractivity contribution in [3.8, 4) is 11.5 Å². The molecule has 0 aliphatic rings. The number of ether oxygens (including phenoxy) is 2. The minimum absolute atomic E-state index is 0.140. The Morgan fingerprint density at radius 1 is 1.13 bits per heavy atom. The van der Waals surface area contributed by atoms with Crippen molar-refractivity contribution >= 4 is 45.4 Å². The van der Waals surface area contributed by atoms with Gasteiger partial charge in [-0.1, -0.05) is 36.9 Å². The van der Waals surface area contributed by atoms with Crippen molar-refractivity contribution in [2.24, 2.45) is 0 Å². The average molecular weight is 438 g/mol. The zero-order valence-electron chi connectivity index (χ0n) is 17.6. The number of hydrogen-bond acceptors (Lipinski definition) is 7. The fourth-order valence-electron chi connectivity index (χ4n) is 3.43. The van der Waals surface area contributed by atoms with Crippen molar-refractivity contribution in [3.63, 3.8) is 0 Å². The molecule has 160 valence electrons. The average Bonchev–Trinajstić information content (AvgIpc) is 3.11. The summed E-state index contributed by atoms with van der Waals surface area (Å²) < 4.78 is 12.7. The third kappa shape index (κ3) is 4.27. The van der Waals surface area contributed by atoms with Gasteiger partial charge in [0.15, 0.2) is 5.65 Å². The van der Waals surface area contributed by atoms with Gasteiger partial charge in [-0.25, -0.2) is 4.98 Å². The van der Waals surface area contributed by atoms with Gasteiger partial charge in [0, 0.05) is 18.0 Å². The molecule has 4 aromatic rings. The fraction of sp³-hybridized carbons (Fsp3) is 0.273. The number of amides is 1. The number of hydrogen-bond donors (Lipinski definition) is 1. The number of benzene rings is 2. The molecule has 4 rings (SSSR count). The van der Waals surface area contributed by atoms with Gasteiger partial charge in [-0.2, -0.15) is 0 Å². The van der Waals surface area contributed by atoms with Gasteiger partial charge in [-0.3, -0.25) is 4.79 Å². The third-order valence-electron chi connectivity index (χ3n) is 4.81. The number of anilines is 1. The predicted molar refractivity (Wildman–Crippen MR) is 122 cm³/mol. The largest absolute Gasteiger partial charge is 0.497 e. The maximum Gasteiger partial charge on any atom is 0.234 e. The Morgan fingerprint density at radius 2 is 1.97 bits per heavy atom. The number of carbonyl (C=O) groups excluding carboxylic acids is 1. The Hall–Kier alpha value is -3.33. The normalized spacial score (nSPS) is 11.1. The number of methoxy groups -OCH3 is 2. The van der Waals surface area contributed by atoms with E-state index in [1.165, 1.54) is 11.8 Å². The van der Waals surface area contributed by atoms with Crippen LogP contribution in [0.15, 0.2) is 47.6 Å². The zero-order chi connectivity index (χ0) is 21.8. The molecule has 8 nitrogen and oxygen atoms in total. The van der Waals surface area contributed by atoms with E-state index in [-0.39, 0.29) is 11.7 Å². The summed E-state index contributed by atoms with van der Waals surface area (Å²) in [7, 11) is 3.12. The van der Waals surface area contributed by atoms with Crippen LogP contribution in [0, 0.1) is 0 Å². The van der Waals surface area contributed by atoms with Crippen molar-refractivity contribution in [2.75, 3.05) is 25.3 Å². The number of para-hydroxylation sites is 1. The minimum Gasteiger partial charge on any atom is -0.497 e. The number of aryl methyl sites for hydroxylation is 1. The first kappa shape index (κ1) is 20.9. The van der Waals surface area contributed by atoms with E-state index in [1.54, 1.807) is 32.4 Å². The van der Waals surface area contributed by atoms with Crippen LogP contribution in [0.3, 0.4) is 0 Å². The Balaban J connectivity index is 1.53. The number of nitrogens with one attached hydrogen (secondary N) is 1. The first-order valence-electron chi connectivity index (χ1n) is 9.91. The van der Waals surface area contributed by atoms with Gasteiger partial charge in [0.05, 0.1) is 31.2 Å². The smallest absolute Gasteiger partial charge is 0.234 e. The van der Waals surface area contributed by atoms with E-state index in [4.69, 9.17) is 14.5 Å². The van der Waals surface area contributed by atoms with Crippen molar-refractivity contribution in [1.82, 2.24) is 19.7 Å². The molecular weight excluding hydrogens is 414 g/mol. The van der Waals surface area contributed by atoms with Crippen LogP contribution in [0.25, 0.3) is 22.1 Å². The molecule has 0 radical (unpaired) electrons. The summed E-state index contributed by atoms with van der Waals surface area (Å²) in [6, 6.07) is 13.3. The van der Waals surface area contributed by atoms with Crippen LogP contribution < -0.4 is 14.8 Å². The van der Waals surface area contributed by atoms with E-state index in [2.05, 4.69) is 33.1 Å². The lowest BCUT2D eigenvalue weighted by Crippen LogP contribution is -2.15. The zero-order valence-corrected chi connectivity index (χ0v) is 18.4. The second-order valence-electron chi connectivity index (χ2n) is 6.84. The molecule has 0 saturated heterocycles. The molecule has 0 unspecified atom stereocenters. The highest BCUT2D eigenvalue weighted by atomic mass is 32.2. The fourth-order valence-corrected chi connectivity index (χ4v) is 4.01. The molecular formula is C22H23N5O3S. The first-order chi connectivity index (χ1) is 15.1. The second-order valence-corrected chi connectivity index (χ2v) is 7.78. The van der Waals surface area contributed by atoms with Gasteiger partial charge >= 0.3 is 0 Å². The first-order valence-corrected chi connectivity index (χ1v) is 10.9. The molecule has 0 aliphatic carbocycles. The molecule has 9 heteroatoms. The van der Waals surface area contributed by atoms with E-state index >= 15 is 0 Å². The lowest BCUT2D eigenvalue weighted by molar-refractivity contribution is -0.113. The summed E-state index contributed by atoms with van der Waals surface area (Å²) in [5.41, 5.74) is 3.20. The van der Waals surface area contributed by atoms with Crippen LogP contribution >= 0.6 is 11.8 Å². The molecule has 1 N–H and O–H groups in total. The van der Waals surface area contributed by atoms with E-state index < -0.39 is 0 Å². The van der Waals surface area contributed by atoms with Gasteiger partial charge in [0.2, 0.25) is 11.1 Å². The second kappa shape index (κ2) is 9.22. The van der Waals surface area contributed by atoms with E-state index in [0.717, 1.165) is 35.0 Å². The number of fused-ring (bicyclic) bond motifs is 3. The van der Waals surface area contributed by atoms with Crippen LogP contribution in [-0.2, 0) is 11.3 Å². The van der Waals surface area contributed by atoms with Crippen molar-refractivity contribution in [1.29, 1.82) is 0 Å². The Labute approximate surface area is 184 Å². The molecule has 0 fully saturated rings. The van der Waals surface area contributed by atoms with Crippen LogP contribution in [0.2, 0.25) is 0 Å². The number of carbonyl (C=O) groups is 1. The monoisotopic (exact) mass is 437 g/mol. The van der Waals surface area contributed by atoms with E-state index in [0.29, 0.717) is 22.3 Å². The molecule has 0 saturated carbocycles. The number of thioether (sulfide) groups is 1. The van der Waals surface area contributed by atoms with Gasteiger partial charge in [0.1, 0.15) is 17.0 Å². The molecule has 2 heterocycles. The number of nitrogens with zero attached hydrogens (tertiary/aromatic N) is 4. The van der Waals surface area contributed by atoms with Gasteiger partial charge < -0.3 is 19.4 Å². The molecule has 1 amide bonds. The van der Waals surface area contributed by atoms with Crippen molar-refractivity contribution in [2.45, 2.75) is 25.0 Å². The van der Waals surface area contributed by atoms with Crippen LogP contribution in [-0.4, -0.2) is 45.6 Å². The highest BCUT2D eigenvalue weighted by molar-refractivity contribution is 7.99. The summed E-state index contributed by atoms with van der Waals surface area (Å²) in [5, 5.41) is 13.0. The van der Waals surface area contributed by atoms with Crippen LogP contribution in [0.1, 0.15) is 13.3 Å². The van der Waals surface area contributed by atoms with E-state index in [1.807, 2.05) is 18.2 Å². The number of rotatable bonds is 8. The van der Waals surface area contributed by atoms with Gasteiger partial charge in [0.25, 0.3) is 0 Å².